The van der Waals surface area contributed by atoms with Crippen LogP contribution in [0.4, 0.5) is 0 Å². The van der Waals surface area contributed by atoms with Crippen LogP contribution in [-0.4, -0.2) is 53.0 Å². The summed E-state index contributed by atoms with van der Waals surface area (Å²) in [5.74, 6) is 0. The maximum atomic E-state index is 5.69. The van der Waals surface area contributed by atoms with Crippen molar-refractivity contribution in [3.63, 3.8) is 0 Å². The third-order valence-electron chi connectivity index (χ3n) is 3.83. The predicted octanol–water partition coefficient (Wildman–Crippen LogP) is 1.27. The van der Waals surface area contributed by atoms with Crippen LogP contribution in [0.5, 0.6) is 0 Å². The van der Waals surface area contributed by atoms with Gasteiger partial charge in [-0.25, -0.2) is 4.98 Å². The lowest BCUT2D eigenvalue weighted by Gasteiger charge is -2.36. The average molecular weight is 291 g/mol. The molecule has 0 spiro atoms. The molecule has 0 saturated carbocycles. The van der Waals surface area contributed by atoms with Crippen LogP contribution in [0.3, 0.4) is 0 Å². The highest BCUT2D eigenvalue weighted by Gasteiger charge is 2.28. The predicted molar refractivity (Wildman–Crippen MR) is 81.7 cm³/mol. The lowest BCUT2D eigenvalue weighted by atomic mass is 10.1. The van der Waals surface area contributed by atoms with E-state index < -0.39 is 0 Å². The van der Waals surface area contributed by atoms with E-state index in [2.05, 4.69) is 39.3 Å². The van der Waals surface area contributed by atoms with Crippen LogP contribution in [0.2, 0.25) is 0 Å². The molecule has 0 aliphatic carbocycles. The molecule has 2 aromatic rings. The molecule has 0 radical (unpaired) electrons. The molecule has 0 bridgehead atoms. The van der Waals surface area contributed by atoms with Crippen molar-refractivity contribution < 1.29 is 0 Å². The number of thiazole rings is 1. The van der Waals surface area contributed by atoms with Crippen LogP contribution in [-0.2, 0) is 6.54 Å². The lowest BCUT2D eigenvalue weighted by Crippen LogP contribution is -2.46. The van der Waals surface area contributed by atoms with Crippen LogP contribution >= 0.6 is 11.3 Å². The topological polar surface area (TPSA) is 61.2 Å². The molecule has 0 aromatic carbocycles. The van der Waals surface area contributed by atoms with Crippen LogP contribution in [0, 0.1) is 0 Å². The van der Waals surface area contributed by atoms with Gasteiger partial charge in [0.25, 0.3) is 0 Å². The van der Waals surface area contributed by atoms with E-state index in [-0.39, 0.29) is 6.04 Å². The number of hydrogen-bond acceptors (Lipinski definition) is 5. The molecule has 3 heterocycles. The summed E-state index contributed by atoms with van der Waals surface area (Å²) in [5.41, 5.74) is 7.89. The first kappa shape index (κ1) is 13.8. The first-order chi connectivity index (χ1) is 9.78. The van der Waals surface area contributed by atoms with E-state index in [1.807, 2.05) is 6.20 Å². The fourth-order valence-corrected chi connectivity index (χ4v) is 3.60. The van der Waals surface area contributed by atoms with Gasteiger partial charge in [-0.15, -0.1) is 11.3 Å². The standard InChI is InChI=1S/C14H21N5S/c1-18-5-7-19(8-6-18)13(12-3-2-4-16-12)14-17-11(9-15)10-20-14/h2-4,10,13,16H,5-9,15H2,1H3. The molecule has 1 unspecified atom stereocenters. The van der Waals surface area contributed by atoms with E-state index >= 15 is 0 Å². The second kappa shape index (κ2) is 6.05. The summed E-state index contributed by atoms with van der Waals surface area (Å²) in [4.78, 5) is 12.9. The summed E-state index contributed by atoms with van der Waals surface area (Å²) < 4.78 is 0. The highest BCUT2D eigenvalue weighted by molar-refractivity contribution is 7.09. The molecule has 2 aromatic heterocycles. The van der Waals surface area contributed by atoms with E-state index in [1.54, 1.807) is 11.3 Å². The molecule has 1 aliphatic rings. The van der Waals surface area contributed by atoms with Crippen molar-refractivity contribution in [3.05, 3.63) is 40.1 Å². The maximum Gasteiger partial charge on any atom is 0.116 e. The normalized spacial score (nSPS) is 19.3. The third kappa shape index (κ3) is 2.78. The number of aromatic nitrogens is 2. The van der Waals surface area contributed by atoms with Crippen LogP contribution < -0.4 is 5.73 Å². The summed E-state index contributed by atoms with van der Waals surface area (Å²) in [6.45, 7) is 4.85. The highest BCUT2D eigenvalue weighted by Crippen LogP contribution is 2.30. The van der Waals surface area contributed by atoms with E-state index in [4.69, 9.17) is 10.7 Å². The van der Waals surface area contributed by atoms with E-state index in [1.165, 1.54) is 5.69 Å². The number of aromatic amines is 1. The number of likely N-dealkylation sites (N-methyl/N-ethyl adjacent to an activating group) is 1. The van der Waals surface area contributed by atoms with Gasteiger partial charge in [0.05, 0.1) is 5.69 Å². The van der Waals surface area contributed by atoms with Gasteiger partial charge in [-0.05, 0) is 19.2 Å². The minimum atomic E-state index is 0.226. The molecule has 1 saturated heterocycles. The fourth-order valence-electron chi connectivity index (χ4n) is 2.62. The fraction of sp³-hybridized carbons (Fsp3) is 0.500. The van der Waals surface area contributed by atoms with E-state index in [0.717, 1.165) is 36.9 Å². The Bertz CT molecular complexity index is 528. The Morgan fingerprint density at radius 1 is 1.40 bits per heavy atom. The second-order valence-corrected chi connectivity index (χ2v) is 6.14. The molecule has 108 valence electrons. The number of piperazine rings is 1. The number of nitrogens with two attached hydrogens (primary N) is 1. The van der Waals surface area contributed by atoms with Crippen LogP contribution in [0.25, 0.3) is 0 Å². The monoisotopic (exact) mass is 291 g/mol. The molecule has 1 fully saturated rings. The SMILES string of the molecule is CN1CCN(C(c2ccc[nH]2)c2nc(CN)cs2)CC1. The summed E-state index contributed by atoms with van der Waals surface area (Å²) in [5, 5.41) is 3.21. The van der Waals surface area contributed by atoms with Gasteiger partial charge in [0.1, 0.15) is 11.0 Å². The molecule has 3 rings (SSSR count). The smallest absolute Gasteiger partial charge is 0.116 e. The average Bonchev–Trinajstić information content (AvgIpc) is 3.13. The number of rotatable bonds is 4. The molecule has 0 amide bonds. The molecule has 20 heavy (non-hydrogen) atoms. The Morgan fingerprint density at radius 2 is 2.20 bits per heavy atom. The third-order valence-corrected chi connectivity index (χ3v) is 4.78. The van der Waals surface area contributed by atoms with Crippen molar-refractivity contribution in [1.29, 1.82) is 0 Å². The molecule has 3 N–H and O–H groups in total. The largest absolute Gasteiger partial charge is 0.363 e. The Balaban J connectivity index is 1.88. The quantitative estimate of drug-likeness (QED) is 0.890. The second-order valence-electron chi connectivity index (χ2n) is 5.25. The molecule has 1 aliphatic heterocycles. The summed E-state index contributed by atoms with van der Waals surface area (Å²) in [7, 11) is 2.18. The van der Waals surface area contributed by atoms with Crippen LogP contribution in [0.1, 0.15) is 22.4 Å². The molecule has 5 nitrogen and oxygen atoms in total. The maximum absolute atomic E-state index is 5.69. The first-order valence-electron chi connectivity index (χ1n) is 6.98. The van der Waals surface area contributed by atoms with Crippen molar-refractivity contribution in [2.45, 2.75) is 12.6 Å². The van der Waals surface area contributed by atoms with Gasteiger partial charge >= 0.3 is 0 Å². The number of hydrogen-bond donors (Lipinski definition) is 2. The van der Waals surface area contributed by atoms with Gasteiger partial charge in [0.2, 0.25) is 0 Å². The number of nitrogens with one attached hydrogen (secondary N) is 1. The zero-order valence-electron chi connectivity index (χ0n) is 11.7. The lowest BCUT2D eigenvalue weighted by molar-refractivity contribution is 0.125. The zero-order chi connectivity index (χ0) is 13.9. The molecular formula is C14H21N5S. The molecular weight excluding hydrogens is 270 g/mol. The van der Waals surface area contributed by atoms with Crippen molar-refractivity contribution in [2.75, 3.05) is 33.2 Å². The van der Waals surface area contributed by atoms with Gasteiger partial charge in [-0.3, -0.25) is 4.90 Å². The van der Waals surface area contributed by atoms with Crippen molar-refractivity contribution in [2.24, 2.45) is 5.73 Å². The van der Waals surface area contributed by atoms with Gasteiger partial charge < -0.3 is 15.6 Å². The first-order valence-corrected chi connectivity index (χ1v) is 7.86. The summed E-state index contributed by atoms with van der Waals surface area (Å²) in [6.07, 6.45) is 1.98. The Morgan fingerprint density at radius 3 is 2.80 bits per heavy atom. The van der Waals surface area contributed by atoms with Gasteiger partial charge in [-0.2, -0.15) is 0 Å². The minimum absolute atomic E-state index is 0.226. The Hall–Kier alpha value is -1.21. The minimum Gasteiger partial charge on any atom is -0.363 e. The summed E-state index contributed by atoms with van der Waals surface area (Å²) in [6, 6.07) is 4.42. The summed E-state index contributed by atoms with van der Waals surface area (Å²) >= 11 is 1.71. The van der Waals surface area contributed by atoms with E-state index in [9.17, 15) is 0 Å². The van der Waals surface area contributed by atoms with Gasteiger partial charge in [0.15, 0.2) is 0 Å². The van der Waals surface area contributed by atoms with Crippen molar-refractivity contribution >= 4 is 11.3 Å². The van der Waals surface area contributed by atoms with Crippen molar-refractivity contribution in [3.8, 4) is 0 Å². The number of H-pyrrole nitrogens is 1. The Labute approximate surface area is 123 Å². The van der Waals surface area contributed by atoms with Crippen LogP contribution in [0.15, 0.2) is 23.7 Å². The van der Waals surface area contributed by atoms with E-state index in [0.29, 0.717) is 6.54 Å². The van der Waals surface area contributed by atoms with Gasteiger partial charge in [-0.1, -0.05) is 0 Å². The molecule has 6 heteroatoms. The highest BCUT2D eigenvalue weighted by atomic mass is 32.1. The van der Waals surface area contributed by atoms with Gasteiger partial charge in [0, 0.05) is 50.0 Å². The Kier molecular flexibility index (Phi) is 4.16. The molecule has 1 atom stereocenters. The van der Waals surface area contributed by atoms with Crippen molar-refractivity contribution in [1.82, 2.24) is 19.8 Å². The zero-order valence-corrected chi connectivity index (χ0v) is 12.6. The number of nitrogens with zero attached hydrogens (tertiary/aromatic N) is 3.